The van der Waals surface area contributed by atoms with Crippen LogP contribution >= 0.6 is 23.2 Å². The molecule has 0 radical (unpaired) electrons. The van der Waals surface area contributed by atoms with Gasteiger partial charge in [0, 0.05) is 16.6 Å². The van der Waals surface area contributed by atoms with E-state index in [2.05, 4.69) is 10.6 Å². The van der Waals surface area contributed by atoms with E-state index in [-0.39, 0.29) is 12.1 Å². The average Bonchev–Trinajstić information content (AvgIpc) is 2.17. The van der Waals surface area contributed by atoms with E-state index in [4.69, 9.17) is 23.2 Å². The minimum Gasteiger partial charge on any atom is -0.338 e. The second-order valence-corrected chi connectivity index (χ2v) is 4.23. The van der Waals surface area contributed by atoms with Crippen LogP contribution in [0.15, 0.2) is 18.2 Å². The van der Waals surface area contributed by atoms with Gasteiger partial charge in [0.2, 0.25) is 0 Å². The van der Waals surface area contributed by atoms with Crippen molar-refractivity contribution in [1.29, 1.82) is 0 Å². The summed E-state index contributed by atoms with van der Waals surface area (Å²) in [6.07, 6.45) is 0. The monoisotopic (exact) mass is 260 g/mol. The van der Waals surface area contributed by atoms with E-state index in [9.17, 15) is 4.79 Å². The standard InChI is InChI=1S/C11H14Cl2N2O/c1-3-14-11(16)15-7(2)9-5-4-8(12)6-10(9)13/h4-7H,3H2,1-2H3,(H2,14,15,16). The van der Waals surface area contributed by atoms with Gasteiger partial charge in [-0.05, 0) is 31.5 Å². The van der Waals surface area contributed by atoms with Crippen LogP contribution in [0.2, 0.25) is 10.0 Å². The van der Waals surface area contributed by atoms with Gasteiger partial charge in [-0.25, -0.2) is 4.79 Å². The highest BCUT2D eigenvalue weighted by Crippen LogP contribution is 2.25. The molecule has 0 saturated carbocycles. The SMILES string of the molecule is CCNC(=O)NC(C)c1ccc(Cl)cc1Cl. The van der Waals surface area contributed by atoms with Crippen molar-refractivity contribution in [2.24, 2.45) is 0 Å². The number of nitrogens with one attached hydrogen (secondary N) is 2. The third kappa shape index (κ3) is 3.58. The highest BCUT2D eigenvalue weighted by atomic mass is 35.5. The van der Waals surface area contributed by atoms with Gasteiger partial charge >= 0.3 is 6.03 Å². The molecule has 0 heterocycles. The number of halogens is 2. The maximum absolute atomic E-state index is 11.3. The number of hydrogen-bond donors (Lipinski definition) is 2. The normalized spacial score (nSPS) is 12.0. The van der Waals surface area contributed by atoms with Gasteiger partial charge in [-0.3, -0.25) is 0 Å². The van der Waals surface area contributed by atoms with E-state index in [1.807, 2.05) is 19.9 Å². The van der Waals surface area contributed by atoms with Gasteiger partial charge in [0.05, 0.1) is 6.04 Å². The molecule has 0 fully saturated rings. The molecule has 0 bridgehead atoms. The molecule has 1 rings (SSSR count). The van der Waals surface area contributed by atoms with Gasteiger partial charge in [0.15, 0.2) is 0 Å². The number of hydrogen-bond acceptors (Lipinski definition) is 1. The van der Waals surface area contributed by atoms with E-state index in [0.29, 0.717) is 16.6 Å². The lowest BCUT2D eigenvalue weighted by atomic mass is 10.1. The molecule has 0 spiro atoms. The third-order valence-corrected chi connectivity index (χ3v) is 2.68. The molecule has 5 heteroatoms. The molecule has 88 valence electrons. The Morgan fingerprint density at radius 2 is 2.12 bits per heavy atom. The van der Waals surface area contributed by atoms with Gasteiger partial charge in [-0.2, -0.15) is 0 Å². The first-order valence-electron chi connectivity index (χ1n) is 5.04. The minimum absolute atomic E-state index is 0.156. The highest BCUT2D eigenvalue weighted by Gasteiger charge is 2.12. The van der Waals surface area contributed by atoms with Gasteiger partial charge in [-0.1, -0.05) is 29.3 Å². The fourth-order valence-corrected chi connectivity index (χ4v) is 1.91. The van der Waals surface area contributed by atoms with E-state index in [1.54, 1.807) is 12.1 Å². The van der Waals surface area contributed by atoms with Crippen molar-refractivity contribution in [3.63, 3.8) is 0 Å². The van der Waals surface area contributed by atoms with Crippen molar-refractivity contribution in [3.05, 3.63) is 33.8 Å². The predicted octanol–water partition coefficient (Wildman–Crippen LogP) is 3.37. The molecular weight excluding hydrogens is 247 g/mol. The average molecular weight is 261 g/mol. The number of rotatable bonds is 3. The Hall–Kier alpha value is -0.930. The minimum atomic E-state index is -0.207. The van der Waals surface area contributed by atoms with E-state index in [1.165, 1.54) is 0 Å². The first-order chi connectivity index (χ1) is 7.54. The number of benzene rings is 1. The Morgan fingerprint density at radius 1 is 1.44 bits per heavy atom. The summed E-state index contributed by atoms with van der Waals surface area (Å²) in [5.74, 6) is 0. The van der Waals surface area contributed by atoms with Crippen LogP contribution in [0, 0.1) is 0 Å². The molecule has 2 N–H and O–H groups in total. The van der Waals surface area contributed by atoms with Crippen LogP contribution in [0.3, 0.4) is 0 Å². The molecule has 1 atom stereocenters. The van der Waals surface area contributed by atoms with Crippen molar-refractivity contribution in [2.75, 3.05) is 6.54 Å². The lowest BCUT2D eigenvalue weighted by Crippen LogP contribution is -2.36. The third-order valence-electron chi connectivity index (χ3n) is 2.11. The lowest BCUT2D eigenvalue weighted by Gasteiger charge is -2.16. The molecule has 0 aliphatic carbocycles. The van der Waals surface area contributed by atoms with Crippen molar-refractivity contribution in [2.45, 2.75) is 19.9 Å². The van der Waals surface area contributed by atoms with Crippen LogP contribution in [0.4, 0.5) is 4.79 Å². The fourth-order valence-electron chi connectivity index (χ4n) is 1.34. The second-order valence-electron chi connectivity index (χ2n) is 3.39. The Kier molecular flexibility index (Phi) is 4.90. The van der Waals surface area contributed by atoms with Crippen LogP contribution in [-0.2, 0) is 0 Å². The summed E-state index contributed by atoms with van der Waals surface area (Å²) in [7, 11) is 0. The van der Waals surface area contributed by atoms with Crippen molar-refractivity contribution in [3.8, 4) is 0 Å². The van der Waals surface area contributed by atoms with Gasteiger partial charge in [0.25, 0.3) is 0 Å². The molecule has 16 heavy (non-hydrogen) atoms. The number of carbonyl (C=O) groups is 1. The maximum atomic E-state index is 11.3. The molecule has 1 aromatic carbocycles. The molecule has 1 unspecified atom stereocenters. The lowest BCUT2D eigenvalue weighted by molar-refractivity contribution is 0.238. The number of urea groups is 1. The van der Waals surface area contributed by atoms with Gasteiger partial charge in [-0.15, -0.1) is 0 Å². The Morgan fingerprint density at radius 3 is 2.69 bits per heavy atom. The smallest absolute Gasteiger partial charge is 0.315 e. The van der Waals surface area contributed by atoms with Crippen molar-refractivity contribution >= 4 is 29.2 Å². The topological polar surface area (TPSA) is 41.1 Å². The van der Waals surface area contributed by atoms with Crippen LogP contribution in [0.5, 0.6) is 0 Å². The highest BCUT2D eigenvalue weighted by molar-refractivity contribution is 6.35. The van der Waals surface area contributed by atoms with Crippen molar-refractivity contribution in [1.82, 2.24) is 10.6 Å². The molecule has 0 aliphatic heterocycles. The number of amides is 2. The zero-order valence-electron chi connectivity index (χ0n) is 9.18. The van der Waals surface area contributed by atoms with E-state index in [0.717, 1.165) is 5.56 Å². The molecular formula is C11H14Cl2N2O. The molecule has 1 aromatic rings. The molecule has 3 nitrogen and oxygen atoms in total. The zero-order valence-corrected chi connectivity index (χ0v) is 10.7. The van der Waals surface area contributed by atoms with Gasteiger partial charge < -0.3 is 10.6 Å². The molecule has 0 aliphatic rings. The van der Waals surface area contributed by atoms with Gasteiger partial charge in [0.1, 0.15) is 0 Å². The predicted molar refractivity (Wildman–Crippen MR) is 67.1 cm³/mol. The van der Waals surface area contributed by atoms with E-state index >= 15 is 0 Å². The van der Waals surface area contributed by atoms with E-state index < -0.39 is 0 Å². The quantitative estimate of drug-likeness (QED) is 0.860. The van der Waals surface area contributed by atoms with Crippen molar-refractivity contribution < 1.29 is 4.79 Å². The first-order valence-corrected chi connectivity index (χ1v) is 5.79. The summed E-state index contributed by atoms with van der Waals surface area (Å²) in [5.41, 5.74) is 0.845. The molecule has 0 aromatic heterocycles. The Bertz CT molecular complexity index is 382. The zero-order chi connectivity index (χ0) is 12.1. The summed E-state index contributed by atoms with van der Waals surface area (Å²) in [6, 6.07) is 4.85. The second kappa shape index (κ2) is 5.97. The van der Waals surface area contributed by atoms with Crippen LogP contribution in [-0.4, -0.2) is 12.6 Å². The summed E-state index contributed by atoms with van der Waals surface area (Å²) >= 11 is 11.8. The maximum Gasteiger partial charge on any atom is 0.315 e. The summed E-state index contributed by atoms with van der Waals surface area (Å²) < 4.78 is 0. The number of carbonyl (C=O) groups excluding carboxylic acids is 1. The summed E-state index contributed by atoms with van der Waals surface area (Å²) in [5, 5.41) is 6.57. The fraction of sp³-hybridized carbons (Fsp3) is 0.364. The van der Waals surface area contributed by atoms with Crippen LogP contribution < -0.4 is 10.6 Å². The largest absolute Gasteiger partial charge is 0.338 e. The summed E-state index contributed by atoms with van der Waals surface area (Å²) in [6.45, 7) is 4.32. The Balaban J connectivity index is 2.72. The van der Waals surface area contributed by atoms with Crippen LogP contribution in [0.25, 0.3) is 0 Å². The first kappa shape index (κ1) is 13.1. The Labute approximate surface area is 105 Å². The molecule has 2 amide bonds. The molecule has 0 saturated heterocycles. The summed E-state index contributed by atoms with van der Waals surface area (Å²) in [4.78, 5) is 11.3. The van der Waals surface area contributed by atoms with Crippen LogP contribution in [0.1, 0.15) is 25.5 Å².